The first-order chi connectivity index (χ1) is 9.03. The number of benzene rings is 1. The number of hydrogen-bond donors (Lipinski definition) is 1. The predicted molar refractivity (Wildman–Crippen MR) is 71.6 cm³/mol. The van der Waals surface area contributed by atoms with Crippen molar-refractivity contribution >= 4 is 17.4 Å². The Labute approximate surface area is 111 Å². The van der Waals surface area contributed by atoms with Crippen molar-refractivity contribution in [3.63, 3.8) is 0 Å². The number of nitrogens with one attached hydrogen (secondary N) is 1. The molecule has 0 atom stereocenters. The van der Waals surface area contributed by atoms with Gasteiger partial charge in [0.15, 0.2) is 0 Å². The van der Waals surface area contributed by atoms with E-state index < -0.39 is 4.92 Å². The lowest BCUT2D eigenvalue weighted by atomic mass is 10.2. The Morgan fingerprint density at radius 3 is 2.53 bits per heavy atom. The van der Waals surface area contributed by atoms with Gasteiger partial charge in [-0.1, -0.05) is 0 Å². The minimum Gasteiger partial charge on any atom is -0.496 e. The second-order valence-corrected chi connectivity index (χ2v) is 3.74. The van der Waals surface area contributed by atoms with Gasteiger partial charge in [-0.05, 0) is 26.0 Å². The highest BCUT2D eigenvalue weighted by molar-refractivity contribution is 5.92. The zero-order valence-electron chi connectivity index (χ0n) is 11.2. The summed E-state index contributed by atoms with van der Waals surface area (Å²) in [6, 6.07) is 3.93. The van der Waals surface area contributed by atoms with E-state index in [0.717, 1.165) is 0 Å². The maximum absolute atomic E-state index is 11.9. The largest absolute Gasteiger partial charge is 0.496 e. The van der Waals surface area contributed by atoms with Crippen molar-refractivity contribution in [3.8, 4) is 5.75 Å². The summed E-state index contributed by atoms with van der Waals surface area (Å²) in [5, 5.41) is 13.5. The minimum atomic E-state index is -0.555. The molecular formula is C12H17N3O4. The lowest BCUT2D eigenvalue weighted by Crippen LogP contribution is -2.34. The van der Waals surface area contributed by atoms with E-state index in [4.69, 9.17) is 4.74 Å². The molecule has 19 heavy (non-hydrogen) atoms. The molecule has 0 saturated carbocycles. The smallest absolute Gasteiger partial charge is 0.322 e. The number of nitrogens with zero attached hydrogens (tertiary/aromatic N) is 2. The summed E-state index contributed by atoms with van der Waals surface area (Å²) >= 11 is 0. The van der Waals surface area contributed by atoms with Crippen LogP contribution in [0, 0.1) is 10.1 Å². The average molecular weight is 267 g/mol. The van der Waals surface area contributed by atoms with E-state index in [2.05, 4.69) is 5.32 Å². The maximum atomic E-state index is 11.9. The molecule has 104 valence electrons. The van der Waals surface area contributed by atoms with Crippen molar-refractivity contribution in [2.45, 2.75) is 13.8 Å². The van der Waals surface area contributed by atoms with Gasteiger partial charge in [-0.25, -0.2) is 4.79 Å². The highest BCUT2D eigenvalue weighted by Gasteiger charge is 2.18. The summed E-state index contributed by atoms with van der Waals surface area (Å²) in [7, 11) is 1.42. The van der Waals surface area contributed by atoms with Crippen molar-refractivity contribution < 1.29 is 14.5 Å². The molecule has 0 aliphatic heterocycles. The fourth-order valence-electron chi connectivity index (χ4n) is 1.60. The van der Waals surface area contributed by atoms with Gasteiger partial charge in [0.25, 0.3) is 5.69 Å². The normalized spacial score (nSPS) is 9.84. The number of carbonyl (C=O) groups is 1. The molecule has 0 saturated heterocycles. The number of amides is 2. The summed E-state index contributed by atoms with van der Waals surface area (Å²) < 4.78 is 4.93. The van der Waals surface area contributed by atoms with Crippen LogP contribution in [-0.4, -0.2) is 36.1 Å². The van der Waals surface area contributed by atoms with Crippen LogP contribution >= 0.6 is 0 Å². The van der Waals surface area contributed by atoms with Crippen molar-refractivity contribution in [1.29, 1.82) is 0 Å². The van der Waals surface area contributed by atoms with Gasteiger partial charge in [-0.3, -0.25) is 10.1 Å². The van der Waals surface area contributed by atoms with E-state index in [1.807, 2.05) is 13.8 Å². The Morgan fingerprint density at radius 2 is 2.05 bits per heavy atom. The van der Waals surface area contributed by atoms with Gasteiger partial charge < -0.3 is 15.0 Å². The predicted octanol–water partition coefficient (Wildman–Crippen LogP) is 2.48. The Bertz CT molecular complexity index is 472. The molecule has 0 aromatic heterocycles. The number of anilines is 1. The first-order valence-electron chi connectivity index (χ1n) is 5.91. The zero-order valence-corrected chi connectivity index (χ0v) is 11.2. The van der Waals surface area contributed by atoms with Crippen LogP contribution in [-0.2, 0) is 0 Å². The van der Waals surface area contributed by atoms with Crippen molar-refractivity contribution in [2.24, 2.45) is 0 Å². The molecule has 7 nitrogen and oxygen atoms in total. The third-order valence-electron chi connectivity index (χ3n) is 2.69. The monoisotopic (exact) mass is 267 g/mol. The van der Waals surface area contributed by atoms with Crippen molar-refractivity contribution in [1.82, 2.24) is 4.90 Å². The Hall–Kier alpha value is -2.31. The number of hydrogen-bond acceptors (Lipinski definition) is 4. The van der Waals surface area contributed by atoms with Crippen molar-refractivity contribution in [3.05, 3.63) is 28.3 Å². The van der Waals surface area contributed by atoms with Crippen LogP contribution in [0.5, 0.6) is 5.75 Å². The molecule has 0 bridgehead atoms. The number of urea groups is 1. The fourth-order valence-corrected chi connectivity index (χ4v) is 1.60. The second-order valence-electron chi connectivity index (χ2n) is 3.74. The van der Waals surface area contributed by atoms with E-state index in [1.165, 1.54) is 24.1 Å². The van der Waals surface area contributed by atoms with Gasteiger partial charge >= 0.3 is 6.03 Å². The molecule has 7 heteroatoms. The van der Waals surface area contributed by atoms with E-state index >= 15 is 0 Å². The SMILES string of the molecule is CCN(CC)C(=O)Nc1ccc(OC)cc1[N+](=O)[O-]. The fraction of sp³-hybridized carbons (Fsp3) is 0.417. The molecule has 1 rings (SSSR count). The summed E-state index contributed by atoms with van der Waals surface area (Å²) in [5.41, 5.74) is -0.0393. The molecule has 0 unspecified atom stereocenters. The number of ether oxygens (including phenoxy) is 1. The molecule has 0 heterocycles. The van der Waals surface area contributed by atoms with E-state index in [0.29, 0.717) is 18.8 Å². The summed E-state index contributed by atoms with van der Waals surface area (Å²) in [6.45, 7) is 4.75. The third-order valence-corrected chi connectivity index (χ3v) is 2.69. The van der Waals surface area contributed by atoms with Crippen LogP contribution in [0.3, 0.4) is 0 Å². The molecule has 0 spiro atoms. The topological polar surface area (TPSA) is 84.7 Å². The van der Waals surface area contributed by atoms with Crippen LogP contribution in [0.4, 0.5) is 16.2 Å². The molecule has 0 aliphatic carbocycles. The molecule has 2 amide bonds. The lowest BCUT2D eigenvalue weighted by molar-refractivity contribution is -0.384. The number of nitro benzene ring substituents is 1. The van der Waals surface area contributed by atoms with Crippen molar-refractivity contribution in [2.75, 3.05) is 25.5 Å². The number of rotatable bonds is 5. The zero-order chi connectivity index (χ0) is 14.4. The van der Waals surface area contributed by atoms with Gasteiger partial charge in [0.2, 0.25) is 0 Å². The first kappa shape index (κ1) is 14.7. The highest BCUT2D eigenvalue weighted by atomic mass is 16.6. The third kappa shape index (κ3) is 3.57. The summed E-state index contributed by atoms with van der Waals surface area (Å²) in [5.74, 6) is 0.368. The number of carbonyl (C=O) groups excluding carboxylic acids is 1. The van der Waals surface area contributed by atoms with Crippen LogP contribution < -0.4 is 10.1 Å². The van der Waals surface area contributed by atoms with E-state index in [1.54, 1.807) is 6.07 Å². The van der Waals surface area contributed by atoms with E-state index in [-0.39, 0.29) is 17.4 Å². The minimum absolute atomic E-state index is 0.155. The number of nitro groups is 1. The Morgan fingerprint density at radius 1 is 1.42 bits per heavy atom. The molecule has 0 fully saturated rings. The molecule has 1 N–H and O–H groups in total. The lowest BCUT2D eigenvalue weighted by Gasteiger charge is -2.19. The quantitative estimate of drug-likeness (QED) is 0.656. The summed E-state index contributed by atoms with van der Waals surface area (Å²) in [4.78, 5) is 23.8. The van der Waals surface area contributed by atoms with E-state index in [9.17, 15) is 14.9 Å². The van der Waals surface area contributed by atoms with Crippen LogP contribution in [0.1, 0.15) is 13.8 Å². The first-order valence-corrected chi connectivity index (χ1v) is 5.91. The van der Waals surface area contributed by atoms with Gasteiger partial charge in [-0.2, -0.15) is 0 Å². The Balaban J connectivity index is 3.00. The van der Waals surface area contributed by atoms with Gasteiger partial charge in [0.1, 0.15) is 11.4 Å². The molecule has 0 radical (unpaired) electrons. The molecule has 1 aromatic carbocycles. The van der Waals surface area contributed by atoms with Crippen LogP contribution in [0.2, 0.25) is 0 Å². The second kappa shape index (κ2) is 6.58. The standard InChI is InChI=1S/C12H17N3O4/c1-4-14(5-2)12(16)13-10-7-6-9(19-3)8-11(10)15(17)18/h6-8H,4-5H2,1-3H3,(H,13,16). The Kier molecular flexibility index (Phi) is 5.11. The molecule has 1 aromatic rings. The van der Waals surface area contributed by atoms with Crippen LogP contribution in [0.15, 0.2) is 18.2 Å². The van der Waals surface area contributed by atoms with Gasteiger partial charge in [-0.15, -0.1) is 0 Å². The maximum Gasteiger partial charge on any atom is 0.322 e. The summed E-state index contributed by atoms with van der Waals surface area (Å²) in [6.07, 6.45) is 0. The molecule has 0 aliphatic rings. The molecular weight excluding hydrogens is 250 g/mol. The van der Waals surface area contributed by atoms with Gasteiger partial charge in [0, 0.05) is 13.1 Å². The van der Waals surface area contributed by atoms with Gasteiger partial charge in [0.05, 0.1) is 18.1 Å². The van der Waals surface area contributed by atoms with Crippen LogP contribution in [0.25, 0.3) is 0 Å². The average Bonchev–Trinajstić information content (AvgIpc) is 2.40. The highest BCUT2D eigenvalue weighted by Crippen LogP contribution is 2.29. The number of methoxy groups -OCH3 is 1.